The van der Waals surface area contributed by atoms with Crippen LogP contribution >= 0.6 is 11.8 Å². The molecule has 1 aromatic carbocycles. The van der Waals surface area contributed by atoms with Crippen LogP contribution in [0.15, 0.2) is 34.4 Å². The molecule has 2 heterocycles. The average Bonchev–Trinajstić information content (AvgIpc) is 2.71. The van der Waals surface area contributed by atoms with Gasteiger partial charge in [0.15, 0.2) is 11.0 Å². The summed E-state index contributed by atoms with van der Waals surface area (Å²) < 4.78 is 1.89. The summed E-state index contributed by atoms with van der Waals surface area (Å²) in [5.74, 6) is 1.25. The third-order valence-electron chi connectivity index (χ3n) is 2.80. The second kappa shape index (κ2) is 4.51. The molecule has 0 fully saturated rings. The highest BCUT2D eigenvalue weighted by atomic mass is 32.2. The van der Waals surface area contributed by atoms with Crippen molar-refractivity contribution in [2.75, 3.05) is 5.73 Å². The monoisotopic (exact) mass is 272 g/mol. The van der Waals surface area contributed by atoms with Crippen LogP contribution in [-0.2, 0) is 7.05 Å². The average molecular weight is 272 g/mol. The largest absolute Gasteiger partial charge is 0.381 e. The van der Waals surface area contributed by atoms with Crippen molar-refractivity contribution in [1.82, 2.24) is 24.7 Å². The molecule has 3 rings (SSSR count). The van der Waals surface area contributed by atoms with Crippen molar-refractivity contribution >= 4 is 28.6 Å². The fraction of sp³-hybridized carbons (Fsp3) is 0.167. The molecule has 0 aliphatic heterocycles. The normalized spacial score (nSPS) is 11.1. The first-order chi connectivity index (χ1) is 9.15. The molecule has 0 unspecified atom stereocenters. The lowest BCUT2D eigenvalue weighted by molar-refractivity contribution is 0.764. The van der Waals surface area contributed by atoms with E-state index >= 15 is 0 Å². The van der Waals surface area contributed by atoms with Gasteiger partial charge in [-0.25, -0.2) is 9.97 Å². The topological polar surface area (TPSA) is 82.5 Å². The molecule has 0 amide bonds. The number of hydrogen-bond acceptors (Lipinski definition) is 6. The van der Waals surface area contributed by atoms with Gasteiger partial charge < -0.3 is 10.3 Å². The van der Waals surface area contributed by atoms with Crippen LogP contribution in [0.1, 0.15) is 5.82 Å². The molecule has 0 saturated carbocycles. The second-order valence-corrected chi connectivity index (χ2v) is 5.05. The summed E-state index contributed by atoms with van der Waals surface area (Å²) in [7, 11) is 1.91. The Bertz CT molecular complexity index is 751. The van der Waals surface area contributed by atoms with Crippen molar-refractivity contribution in [1.29, 1.82) is 0 Å². The Hall–Kier alpha value is -2.15. The number of nitrogens with two attached hydrogens (primary N) is 1. The van der Waals surface area contributed by atoms with E-state index in [1.54, 1.807) is 0 Å². The molecule has 19 heavy (non-hydrogen) atoms. The van der Waals surface area contributed by atoms with Gasteiger partial charge in [0.1, 0.15) is 10.9 Å². The third kappa shape index (κ3) is 2.12. The van der Waals surface area contributed by atoms with Crippen LogP contribution in [0.2, 0.25) is 0 Å². The number of nitrogens with zero attached hydrogens (tertiary/aromatic N) is 5. The lowest BCUT2D eigenvalue weighted by atomic mass is 10.3. The number of aromatic nitrogens is 5. The molecule has 0 spiro atoms. The Kier molecular flexibility index (Phi) is 2.83. The van der Waals surface area contributed by atoms with Gasteiger partial charge in [-0.05, 0) is 30.8 Å². The van der Waals surface area contributed by atoms with Gasteiger partial charge in [0.25, 0.3) is 0 Å². The molecule has 0 atom stereocenters. The van der Waals surface area contributed by atoms with Crippen molar-refractivity contribution in [3.05, 3.63) is 30.1 Å². The fourth-order valence-electron chi connectivity index (χ4n) is 1.64. The van der Waals surface area contributed by atoms with E-state index in [9.17, 15) is 0 Å². The van der Waals surface area contributed by atoms with Gasteiger partial charge in [-0.2, -0.15) is 0 Å². The molecule has 0 aliphatic carbocycles. The number of benzene rings is 1. The lowest BCUT2D eigenvalue weighted by Gasteiger charge is -2.05. The van der Waals surface area contributed by atoms with Crippen molar-refractivity contribution in [3.8, 4) is 0 Å². The van der Waals surface area contributed by atoms with Crippen LogP contribution in [0.25, 0.3) is 11.0 Å². The summed E-state index contributed by atoms with van der Waals surface area (Å²) in [6.07, 6.45) is 0. The van der Waals surface area contributed by atoms with Gasteiger partial charge in [0.05, 0.1) is 11.0 Å². The van der Waals surface area contributed by atoms with Crippen LogP contribution in [0.3, 0.4) is 0 Å². The van der Waals surface area contributed by atoms with E-state index in [-0.39, 0.29) is 0 Å². The van der Waals surface area contributed by atoms with Crippen molar-refractivity contribution in [2.45, 2.75) is 17.1 Å². The number of anilines is 1. The van der Waals surface area contributed by atoms with Gasteiger partial charge in [-0.1, -0.05) is 12.1 Å². The first kappa shape index (κ1) is 11.9. The summed E-state index contributed by atoms with van der Waals surface area (Å²) in [4.78, 5) is 8.86. The highest BCUT2D eigenvalue weighted by Gasteiger charge is 2.12. The maximum Gasteiger partial charge on any atom is 0.197 e. The minimum absolute atomic E-state index is 0.407. The zero-order valence-electron chi connectivity index (χ0n) is 10.5. The summed E-state index contributed by atoms with van der Waals surface area (Å²) in [6, 6.07) is 7.64. The van der Waals surface area contributed by atoms with E-state index in [0.29, 0.717) is 10.8 Å². The quantitative estimate of drug-likeness (QED) is 0.766. The molecule has 2 N–H and O–H groups in total. The van der Waals surface area contributed by atoms with Gasteiger partial charge in [0, 0.05) is 7.05 Å². The zero-order chi connectivity index (χ0) is 13.4. The van der Waals surface area contributed by atoms with Crippen LogP contribution in [0.4, 0.5) is 5.82 Å². The van der Waals surface area contributed by atoms with E-state index < -0.39 is 0 Å². The van der Waals surface area contributed by atoms with Gasteiger partial charge in [0.2, 0.25) is 0 Å². The summed E-state index contributed by atoms with van der Waals surface area (Å²) >= 11 is 1.37. The molecule has 96 valence electrons. The minimum Gasteiger partial charge on any atom is -0.381 e. The number of nitrogen functional groups attached to an aromatic ring is 1. The molecular formula is C12H12N6S. The Morgan fingerprint density at radius 2 is 1.79 bits per heavy atom. The van der Waals surface area contributed by atoms with Crippen molar-refractivity contribution in [3.63, 3.8) is 0 Å². The predicted octanol–water partition coefficient (Wildman–Crippen LogP) is 1.80. The van der Waals surface area contributed by atoms with Crippen LogP contribution in [0.5, 0.6) is 0 Å². The molecule has 6 nitrogen and oxygen atoms in total. The number of aryl methyl sites for hydroxylation is 1. The Morgan fingerprint density at radius 3 is 2.42 bits per heavy atom. The molecule has 0 saturated heterocycles. The van der Waals surface area contributed by atoms with Gasteiger partial charge in [-0.3, -0.25) is 0 Å². The van der Waals surface area contributed by atoms with E-state index in [1.165, 1.54) is 11.8 Å². The number of hydrogen-bond donors (Lipinski definition) is 1. The molecule has 2 aromatic heterocycles. The summed E-state index contributed by atoms with van der Waals surface area (Å²) in [5.41, 5.74) is 7.55. The van der Waals surface area contributed by atoms with Crippen LogP contribution in [0, 0.1) is 6.92 Å². The minimum atomic E-state index is 0.407. The van der Waals surface area contributed by atoms with Gasteiger partial charge >= 0.3 is 0 Å². The number of para-hydroxylation sites is 2. The highest BCUT2D eigenvalue weighted by molar-refractivity contribution is 7.99. The first-order valence-corrected chi connectivity index (χ1v) is 6.53. The molecule has 0 radical (unpaired) electrons. The summed E-state index contributed by atoms with van der Waals surface area (Å²) in [6.45, 7) is 1.90. The van der Waals surface area contributed by atoms with Crippen LogP contribution in [-0.4, -0.2) is 24.7 Å². The van der Waals surface area contributed by atoms with Crippen LogP contribution < -0.4 is 5.73 Å². The maximum atomic E-state index is 5.94. The van der Waals surface area contributed by atoms with E-state index in [1.807, 2.05) is 42.8 Å². The number of fused-ring (bicyclic) bond motifs is 1. The molecule has 0 bridgehead atoms. The standard InChI is InChI=1S/C12H12N6S/c1-7-16-17-12(18(7)2)19-11-10(13)14-8-5-3-4-6-9(8)15-11/h3-6H,1-2H3,(H2,13,14). The fourth-order valence-corrected chi connectivity index (χ4v) is 2.45. The smallest absolute Gasteiger partial charge is 0.197 e. The maximum absolute atomic E-state index is 5.94. The van der Waals surface area contributed by atoms with E-state index in [2.05, 4.69) is 20.2 Å². The highest BCUT2D eigenvalue weighted by Crippen LogP contribution is 2.29. The Balaban J connectivity index is 2.05. The molecular weight excluding hydrogens is 260 g/mol. The lowest BCUT2D eigenvalue weighted by Crippen LogP contribution is -1.99. The van der Waals surface area contributed by atoms with Crippen molar-refractivity contribution < 1.29 is 0 Å². The zero-order valence-corrected chi connectivity index (χ0v) is 11.3. The molecule has 3 aromatic rings. The molecule has 7 heteroatoms. The van der Waals surface area contributed by atoms with Crippen molar-refractivity contribution in [2.24, 2.45) is 7.05 Å². The Morgan fingerprint density at radius 1 is 1.11 bits per heavy atom. The Labute approximate surface area is 114 Å². The first-order valence-electron chi connectivity index (χ1n) is 5.71. The van der Waals surface area contributed by atoms with Gasteiger partial charge in [-0.15, -0.1) is 10.2 Å². The second-order valence-electron chi connectivity index (χ2n) is 4.09. The van der Waals surface area contributed by atoms with E-state index in [0.717, 1.165) is 22.0 Å². The SMILES string of the molecule is Cc1nnc(Sc2nc3ccccc3nc2N)n1C. The third-order valence-corrected chi connectivity index (χ3v) is 3.84. The predicted molar refractivity (Wildman–Crippen MR) is 73.8 cm³/mol. The van der Waals surface area contributed by atoms with E-state index in [4.69, 9.17) is 5.73 Å². The summed E-state index contributed by atoms with van der Waals surface area (Å²) in [5, 5.41) is 9.48. The number of rotatable bonds is 2. The molecule has 0 aliphatic rings.